The number of rotatable bonds is 4. The number of methoxy groups -OCH3 is 1. The molecule has 0 aliphatic carbocycles. The van der Waals surface area contributed by atoms with Gasteiger partial charge in [-0.2, -0.15) is 0 Å². The molecule has 0 aliphatic heterocycles. The molecule has 4 heteroatoms. The van der Waals surface area contributed by atoms with E-state index in [1.54, 1.807) is 18.2 Å². The summed E-state index contributed by atoms with van der Waals surface area (Å²) in [5, 5.41) is 2.92. The monoisotopic (exact) mass is 284 g/mol. The van der Waals surface area contributed by atoms with Crippen LogP contribution >= 0.6 is 0 Å². The van der Waals surface area contributed by atoms with Gasteiger partial charge >= 0.3 is 0 Å². The van der Waals surface area contributed by atoms with E-state index < -0.39 is 0 Å². The summed E-state index contributed by atoms with van der Waals surface area (Å²) in [5.74, 6) is 0.518. The molecule has 3 N–H and O–H groups in total. The van der Waals surface area contributed by atoms with Crippen LogP contribution in [0.1, 0.15) is 35.7 Å². The second-order valence-corrected chi connectivity index (χ2v) is 5.12. The zero-order valence-electron chi connectivity index (χ0n) is 12.5. The van der Waals surface area contributed by atoms with Gasteiger partial charge < -0.3 is 15.8 Å². The topological polar surface area (TPSA) is 64.3 Å². The molecule has 0 aromatic heterocycles. The molecule has 2 aromatic rings. The van der Waals surface area contributed by atoms with Crippen LogP contribution in [0.3, 0.4) is 0 Å². The first kappa shape index (κ1) is 14.9. The average molecular weight is 284 g/mol. The predicted octanol–water partition coefficient (Wildman–Crippen LogP) is 3.65. The van der Waals surface area contributed by atoms with Crippen molar-refractivity contribution in [1.82, 2.24) is 0 Å². The van der Waals surface area contributed by atoms with Crippen molar-refractivity contribution in [3.8, 4) is 5.75 Å². The Balaban J connectivity index is 2.35. The number of hydrogen-bond acceptors (Lipinski definition) is 3. The number of carbonyl (C=O) groups excluding carboxylic acids is 1. The molecule has 0 saturated heterocycles. The molecule has 21 heavy (non-hydrogen) atoms. The molecule has 0 bridgehead atoms. The van der Waals surface area contributed by atoms with Crippen molar-refractivity contribution < 1.29 is 9.53 Å². The van der Waals surface area contributed by atoms with Gasteiger partial charge in [0.1, 0.15) is 11.3 Å². The zero-order valence-corrected chi connectivity index (χ0v) is 12.5. The van der Waals surface area contributed by atoms with Gasteiger partial charge in [0.25, 0.3) is 5.91 Å². The van der Waals surface area contributed by atoms with Gasteiger partial charge in [-0.3, -0.25) is 4.79 Å². The van der Waals surface area contributed by atoms with E-state index in [1.165, 1.54) is 7.11 Å². The number of nitrogen functional groups attached to an aromatic ring is 1. The summed E-state index contributed by atoms with van der Waals surface area (Å²) in [6.45, 7) is 4.17. The number of nitrogens with one attached hydrogen (secondary N) is 1. The average Bonchev–Trinajstić information content (AvgIpc) is 2.47. The molecule has 110 valence electrons. The van der Waals surface area contributed by atoms with Crippen LogP contribution < -0.4 is 15.8 Å². The first-order valence-electron chi connectivity index (χ1n) is 6.87. The third-order valence-electron chi connectivity index (χ3n) is 3.34. The molecule has 4 nitrogen and oxygen atoms in total. The Labute approximate surface area is 124 Å². The van der Waals surface area contributed by atoms with Crippen molar-refractivity contribution in [1.29, 1.82) is 0 Å². The number of nitrogens with two attached hydrogens (primary N) is 1. The lowest BCUT2D eigenvalue weighted by Crippen LogP contribution is -2.16. The van der Waals surface area contributed by atoms with Gasteiger partial charge in [0.05, 0.1) is 7.11 Å². The molecule has 0 radical (unpaired) electrons. The maximum atomic E-state index is 12.5. The largest absolute Gasteiger partial charge is 0.496 e. The van der Waals surface area contributed by atoms with Crippen LogP contribution in [0.15, 0.2) is 42.5 Å². The lowest BCUT2D eigenvalue weighted by Gasteiger charge is -2.15. The maximum Gasteiger partial charge on any atom is 0.261 e. The van der Waals surface area contributed by atoms with Crippen LogP contribution in [0.25, 0.3) is 0 Å². The third-order valence-corrected chi connectivity index (χ3v) is 3.34. The normalized spacial score (nSPS) is 10.5. The molecule has 1 amide bonds. The first-order valence-corrected chi connectivity index (χ1v) is 6.87. The number of anilines is 2. The minimum Gasteiger partial charge on any atom is -0.496 e. The summed E-state index contributed by atoms with van der Waals surface area (Å²) in [6, 6.07) is 12.9. The van der Waals surface area contributed by atoms with E-state index in [1.807, 2.05) is 24.3 Å². The first-order chi connectivity index (χ1) is 10.0. The van der Waals surface area contributed by atoms with E-state index in [4.69, 9.17) is 10.5 Å². The number of ether oxygens (including phenoxy) is 1. The highest BCUT2D eigenvalue weighted by atomic mass is 16.5. The summed E-state index contributed by atoms with van der Waals surface area (Å²) in [7, 11) is 1.52. The molecule has 0 atom stereocenters. The maximum absolute atomic E-state index is 12.5. The third kappa shape index (κ3) is 3.16. The standard InChI is InChI=1S/C17H20N2O2/c1-11(2)12-7-4-5-9-14(12)19-17(20)16-13(18)8-6-10-15(16)21-3/h4-11H,18H2,1-3H3,(H,19,20). The van der Waals surface area contributed by atoms with Gasteiger partial charge in [-0.25, -0.2) is 0 Å². The van der Waals surface area contributed by atoms with E-state index in [2.05, 4.69) is 19.2 Å². The lowest BCUT2D eigenvalue weighted by atomic mass is 10.0. The summed E-state index contributed by atoms with van der Waals surface area (Å²) in [6.07, 6.45) is 0. The minimum atomic E-state index is -0.266. The molecule has 0 spiro atoms. The van der Waals surface area contributed by atoms with Gasteiger partial charge in [0.15, 0.2) is 0 Å². The SMILES string of the molecule is COc1cccc(N)c1C(=O)Nc1ccccc1C(C)C. The lowest BCUT2D eigenvalue weighted by molar-refractivity contribution is 0.102. The number of para-hydroxylation sites is 1. The molecule has 0 fully saturated rings. The predicted molar refractivity (Wildman–Crippen MR) is 85.9 cm³/mol. The molecule has 0 heterocycles. The highest BCUT2D eigenvalue weighted by Gasteiger charge is 2.17. The summed E-state index contributed by atoms with van der Waals surface area (Å²) in [5.41, 5.74) is 8.54. The van der Waals surface area contributed by atoms with Crippen molar-refractivity contribution in [2.24, 2.45) is 0 Å². The Morgan fingerprint density at radius 1 is 1.14 bits per heavy atom. The smallest absolute Gasteiger partial charge is 0.261 e. The van der Waals surface area contributed by atoms with Crippen molar-refractivity contribution in [3.63, 3.8) is 0 Å². The van der Waals surface area contributed by atoms with Crippen LogP contribution in [0.5, 0.6) is 5.75 Å². The van der Waals surface area contributed by atoms with Crippen molar-refractivity contribution in [2.75, 3.05) is 18.2 Å². The van der Waals surface area contributed by atoms with Crippen LogP contribution in [-0.2, 0) is 0 Å². The van der Waals surface area contributed by atoms with E-state index in [0.29, 0.717) is 22.9 Å². The molecule has 0 unspecified atom stereocenters. The van der Waals surface area contributed by atoms with Gasteiger partial charge in [0, 0.05) is 11.4 Å². The molecule has 0 aliphatic rings. The Bertz CT molecular complexity index is 651. The van der Waals surface area contributed by atoms with E-state index >= 15 is 0 Å². The second kappa shape index (κ2) is 6.31. The number of amides is 1. The number of carbonyl (C=O) groups is 1. The van der Waals surface area contributed by atoms with Crippen molar-refractivity contribution in [3.05, 3.63) is 53.6 Å². The van der Waals surface area contributed by atoms with Crippen molar-refractivity contribution >= 4 is 17.3 Å². The Morgan fingerprint density at radius 2 is 1.86 bits per heavy atom. The van der Waals surface area contributed by atoms with E-state index in [0.717, 1.165) is 11.3 Å². The van der Waals surface area contributed by atoms with Gasteiger partial charge in [-0.15, -0.1) is 0 Å². The van der Waals surface area contributed by atoms with Crippen molar-refractivity contribution in [2.45, 2.75) is 19.8 Å². The fraction of sp³-hybridized carbons (Fsp3) is 0.235. The highest BCUT2D eigenvalue weighted by molar-refractivity contribution is 6.10. The van der Waals surface area contributed by atoms with Crippen LogP contribution in [-0.4, -0.2) is 13.0 Å². The number of hydrogen-bond donors (Lipinski definition) is 2. The Hall–Kier alpha value is -2.49. The Morgan fingerprint density at radius 3 is 2.52 bits per heavy atom. The van der Waals surface area contributed by atoms with E-state index in [9.17, 15) is 4.79 Å². The minimum absolute atomic E-state index is 0.266. The summed E-state index contributed by atoms with van der Waals surface area (Å²) < 4.78 is 5.22. The molecule has 2 aromatic carbocycles. The molecule has 0 saturated carbocycles. The van der Waals surface area contributed by atoms with E-state index in [-0.39, 0.29) is 5.91 Å². The molecular formula is C17H20N2O2. The fourth-order valence-corrected chi connectivity index (χ4v) is 2.26. The zero-order chi connectivity index (χ0) is 15.4. The Kier molecular flexibility index (Phi) is 4.48. The van der Waals surface area contributed by atoms with Crippen LogP contribution in [0, 0.1) is 0 Å². The summed E-state index contributed by atoms with van der Waals surface area (Å²) in [4.78, 5) is 12.5. The number of benzene rings is 2. The second-order valence-electron chi connectivity index (χ2n) is 5.12. The summed E-state index contributed by atoms with van der Waals surface area (Å²) >= 11 is 0. The quantitative estimate of drug-likeness (QED) is 0.842. The van der Waals surface area contributed by atoms with Gasteiger partial charge in [0.2, 0.25) is 0 Å². The van der Waals surface area contributed by atoms with Crippen LogP contribution in [0.4, 0.5) is 11.4 Å². The van der Waals surface area contributed by atoms with Crippen LogP contribution in [0.2, 0.25) is 0 Å². The highest BCUT2D eigenvalue weighted by Crippen LogP contribution is 2.28. The molecular weight excluding hydrogens is 264 g/mol. The van der Waals surface area contributed by atoms with Gasteiger partial charge in [-0.05, 0) is 29.7 Å². The molecule has 2 rings (SSSR count). The fourth-order valence-electron chi connectivity index (χ4n) is 2.26. The van der Waals surface area contributed by atoms with Gasteiger partial charge in [-0.1, -0.05) is 38.1 Å².